The minimum atomic E-state index is -3.81. The van der Waals surface area contributed by atoms with Crippen molar-refractivity contribution in [2.45, 2.75) is 4.90 Å². The minimum Gasteiger partial charge on any atom is -0.497 e. The van der Waals surface area contributed by atoms with E-state index in [1.807, 2.05) is 0 Å². The summed E-state index contributed by atoms with van der Waals surface area (Å²) in [6.07, 6.45) is 0. The monoisotopic (exact) mass is 469 g/mol. The molecule has 0 spiro atoms. The SMILES string of the molecule is COc1ccc(OC)c(C(=O)COC(=O)c2ccc(S(=O)(=O)N(C)c3ccccc3)cc2)c1. The van der Waals surface area contributed by atoms with E-state index in [9.17, 15) is 18.0 Å². The van der Waals surface area contributed by atoms with Crippen LogP contribution < -0.4 is 13.8 Å². The number of sulfonamides is 1. The summed E-state index contributed by atoms with van der Waals surface area (Å²) in [4.78, 5) is 24.9. The van der Waals surface area contributed by atoms with Crippen LogP contribution in [-0.2, 0) is 14.8 Å². The Bertz CT molecular complexity index is 1240. The van der Waals surface area contributed by atoms with Gasteiger partial charge in [-0.1, -0.05) is 18.2 Å². The van der Waals surface area contributed by atoms with Gasteiger partial charge in [0.2, 0.25) is 5.78 Å². The summed E-state index contributed by atoms with van der Waals surface area (Å²) in [5.74, 6) is -0.440. The molecule has 0 heterocycles. The van der Waals surface area contributed by atoms with Gasteiger partial charge < -0.3 is 14.2 Å². The lowest BCUT2D eigenvalue weighted by atomic mass is 10.1. The number of carbonyl (C=O) groups excluding carboxylic acids is 2. The summed E-state index contributed by atoms with van der Waals surface area (Å²) in [6.45, 7) is -0.515. The summed E-state index contributed by atoms with van der Waals surface area (Å²) < 4.78 is 42.2. The maximum Gasteiger partial charge on any atom is 0.338 e. The van der Waals surface area contributed by atoms with Crippen LogP contribution in [0.5, 0.6) is 11.5 Å². The van der Waals surface area contributed by atoms with Gasteiger partial charge in [-0.15, -0.1) is 0 Å². The summed E-state index contributed by atoms with van der Waals surface area (Å²) >= 11 is 0. The molecule has 0 N–H and O–H groups in total. The first-order chi connectivity index (χ1) is 15.8. The van der Waals surface area contributed by atoms with Gasteiger partial charge in [-0.25, -0.2) is 13.2 Å². The second-order valence-corrected chi connectivity index (χ2v) is 8.87. The number of benzene rings is 3. The third-order valence-electron chi connectivity index (χ3n) is 4.91. The van der Waals surface area contributed by atoms with Crippen LogP contribution in [0, 0.1) is 0 Å². The van der Waals surface area contributed by atoms with E-state index in [0.29, 0.717) is 17.2 Å². The van der Waals surface area contributed by atoms with Crippen molar-refractivity contribution in [3.05, 3.63) is 83.9 Å². The highest BCUT2D eigenvalue weighted by molar-refractivity contribution is 7.92. The summed E-state index contributed by atoms with van der Waals surface area (Å²) in [5, 5.41) is 0. The fraction of sp³-hybridized carbons (Fsp3) is 0.167. The molecule has 3 rings (SSSR count). The van der Waals surface area contributed by atoms with E-state index >= 15 is 0 Å². The zero-order valence-electron chi connectivity index (χ0n) is 18.3. The standard InChI is InChI=1S/C24H23NO7S/c1-25(18-7-5-4-6-8-18)33(28,29)20-12-9-17(10-13-20)24(27)32-16-22(26)21-15-19(30-2)11-14-23(21)31-3/h4-15H,16H2,1-3H3. The maximum absolute atomic E-state index is 12.8. The van der Waals surface area contributed by atoms with E-state index < -0.39 is 28.4 Å². The van der Waals surface area contributed by atoms with Crippen molar-refractivity contribution in [1.82, 2.24) is 0 Å². The number of nitrogens with zero attached hydrogens (tertiary/aromatic N) is 1. The van der Waals surface area contributed by atoms with Gasteiger partial charge in [0.1, 0.15) is 11.5 Å². The van der Waals surface area contributed by atoms with Crippen molar-refractivity contribution in [2.75, 3.05) is 32.2 Å². The molecule has 8 nitrogen and oxygen atoms in total. The molecule has 3 aromatic rings. The van der Waals surface area contributed by atoms with E-state index in [-0.39, 0.29) is 16.0 Å². The molecular formula is C24H23NO7S. The number of hydrogen-bond acceptors (Lipinski definition) is 7. The number of methoxy groups -OCH3 is 2. The number of ether oxygens (including phenoxy) is 3. The first kappa shape index (κ1) is 23.8. The van der Waals surface area contributed by atoms with Crippen molar-refractivity contribution in [3.8, 4) is 11.5 Å². The second-order valence-electron chi connectivity index (χ2n) is 6.90. The Morgan fingerprint density at radius 3 is 2.15 bits per heavy atom. The summed E-state index contributed by atoms with van der Waals surface area (Å²) in [5.41, 5.74) is 0.837. The quantitative estimate of drug-likeness (QED) is 0.349. The van der Waals surface area contributed by atoms with Gasteiger partial charge in [0.15, 0.2) is 6.61 Å². The summed E-state index contributed by atoms with van der Waals surface area (Å²) in [6, 6.07) is 18.7. The number of carbonyl (C=O) groups is 2. The van der Waals surface area contributed by atoms with E-state index in [2.05, 4.69) is 0 Å². The Labute approximate surface area is 192 Å². The molecule has 33 heavy (non-hydrogen) atoms. The molecule has 9 heteroatoms. The summed E-state index contributed by atoms with van der Waals surface area (Å²) in [7, 11) is 0.536. The van der Waals surface area contributed by atoms with Crippen molar-refractivity contribution in [2.24, 2.45) is 0 Å². The normalized spacial score (nSPS) is 10.9. The van der Waals surface area contributed by atoms with Gasteiger partial charge in [0.25, 0.3) is 10.0 Å². The Kier molecular flexibility index (Phi) is 7.34. The van der Waals surface area contributed by atoms with Crippen molar-refractivity contribution in [3.63, 3.8) is 0 Å². The zero-order chi connectivity index (χ0) is 24.0. The molecule has 172 valence electrons. The van der Waals surface area contributed by atoms with Crippen LogP contribution in [0.2, 0.25) is 0 Å². The van der Waals surface area contributed by atoms with Gasteiger partial charge in [0.05, 0.1) is 35.9 Å². The Balaban J connectivity index is 1.69. The van der Waals surface area contributed by atoms with E-state index in [1.54, 1.807) is 42.5 Å². The van der Waals surface area contributed by atoms with Crippen LogP contribution in [0.1, 0.15) is 20.7 Å². The molecule has 0 saturated heterocycles. The lowest BCUT2D eigenvalue weighted by Gasteiger charge is -2.19. The number of anilines is 1. The first-order valence-electron chi connectivity index (χ1n) is 9.84. The fourth-order valence-electron chi connectivity index (χ4n) is 3.02. The van der Waals surface area contributed by atoms with Gasteiger partial charge in [-0.3, -0.25) is 9.10 Å². The molecule has 0 radical (unpaired) electrons. The molecule has 3 aromatic carbocycles. The largest absolute Gasteiger partial charge is 0.497 e. The third-order valence-corrected chi connectivity index (χ3v) is 6.71. The van der Waals surface area contributed by atoms with E-state index in [0.717, 1.165) is 4.31 Å². The lowest BCUT2D eigenvalue weighted by molar-refractivity contribution is 0.0474. The highest BCUT2D eigenvalue weighted by atomic mass is 32.2. The van der Waals surface area contributed by atoms with Crippen molar-refractivity contribution >= 4 is 27.5 Å². The van der Waals surface area contributed by atoms with Gasteiger partial charge >= 0.3 is 5.97 Å². The second kappa shape index (κ2) is 10.2. The molecule has 0 saturated carbocycles. The number of esters is 1. The lowest BCUT2D eigenvalue weighted by Crippen LogP contribution is -2.26. The highest BCUT2D eigenvalue weighted by Crippen LogP contribution is 2.25. The molecule has 0 bridgehead atoms. The molecule has 0 unspecified atom stereocenters. The van der Waals surface area contributed by atoms with Gasteiger partial charge in [0, 0.05) is 7.05 Å². The van der Waals surface area contributed by atoms with Crippen LogP contribution in [0.25, 0.3) is 0 Å². The van der Waals surface area contributed by atoms with Crippen LogP contribution >= 0.6 is 0 Å². The average molecular weight is 470 g/mol. The number of Topliss-reactive ketones (excluding diaryl/α,β-unsaturated/α-hetero) is 1. The van der Waals surface area contributed by atoms with Crippen LogP contribution in [-0.4, -0.2) is 48.0 Å². The highest BCUT2D eigenvalue weighted by Gasteiger charge is 2.22. The van der Waals surface area contributed by atoms with E-state index in [4.69, 9.17) is 14.2 Å². The Hall–Kier alpha value is -3.85. The first-order valence-corrected chi connectivity index (χ1v) is 11.3. The predicted octanol–water partition coefficient (Wildman–Crippen LogP) is 3.57. The van der Waals surface area contributed by atoms with Gasteiger partial charge in [-0.05, 0) is 54.6 Å². The van der Waals surface area contributed by atoms with Crippen LogP contribution in [0.4, 0.5) is 5.69 Å². The Morgan fingerprint density at radius 2 is 1.55 bits per heavy atom. The minimum absolute atomic E-state index is 0.0163. The average Bonchev–Trinajstić information content (AvgIpc) is 2.86. The molecule has 0 atom stereocenters. The molecule has 0 aliphatic heterocycles. The van der Waals surface area contributed by atoms with E-state index in [1.165, 1.54) is 51.6 Å². The molecule has 0 fully saturated rings. The molecule has 0 aromatic heterocycles. The predicted molar refractivity (Wildman–Crippen MR) is 123 cm³/mol. The number of hydrogen-bond donors (Lipinski definition) is 0. The molecule has 0 aliphatic carbocycles. The Morgan fingerprint density at radius 1 is 0.879 bits per heavy atom. The number of ketones is 1. The number of para-hydroxylation sites is 1. The topological polar surface area (TPSA) is 99.2 Å². The molecule has 0 aliphatic rings. The maximum atomic E-state index is 12.8. The zero-order valence-corrected chi connectivity index (χ0v) is 19.2. The van der Waals surface area contributed by atoms with Crippen molar-refractivity contribution in [1.29, 1.82) is 0 Å². The fourth-order valence-corrected chi connectivity index (χ4v) is 4.22. The van der Waals surface area contributed by atoms with Crippen LogP contribution in [0.3, 0.4) is 0 Å². The van der Waals surface area contributed by atoms with Crippen LogP contribution in [0.15, 0.2) is 77.7 Å². The number of rotatable bonds is 9. The molecule has 0 amide bonds. The molecular weight excluding hydrogens is 446 g/mol. The van der Waals surface area contributed by atoms with Gasteiger partial charge in [-0.2, -0.15) is 0 Å². The third kappa shape index (κ3) is 5.32. The van der Waals surface area contributed by atoms with Crippen molar-refractivity contribution < 1.29 is 32.2 Å². The smallest absolute Gasteiger partial charge is 0.338 e.